The van der Waals surface area contributed by atoms with Gasteiger partial charge in [0.1, 0.15) is 18.8 Å². The zero-order valence-electron chi connectivity index (χ0n) is 8.17. The Kier molecular flexibility index (Phi) is 5.45. The quantitative estimate of drug-likeness (QED) is 0.726. The van der Waals surface area contributed by atoms with Crippen LogP contribution in [0.1, 0.15) is 6.92 Å². The molecule has 0 spiro atoms. The van der Waals surface area contributed by atoms with Gasteiger partial charge in [-0.15, -0.1) is 0 Å². The van der Waals surface area contributed by atoms with E-state index < -0.39 is 13.7 Å². The summed E-state index contributed by atoms with van der Waals surface area (Å²) in [5.41, 5.74) is 0. The van der Waals surface area contributed by atoms with E-state index in [2.05, 4.69) is 0 Å². The fourth-order valence-corrected chi connectivity index (χ4v) is 1.93. The van der Waals surface area contributed by atoms with E-state index in [4.69, 9.17) is 10.2 Å². The molecule has 0 aromatic heterocycles. The van der Waals surface area contributed by atoms with Crippen LogP contribution < -0.4 is 10.2 Å². The number of carboxylic acid groups (broad SMARTS) is 1. The number of rotatable bonds is 2. The van der Waals surface area contributed by atoms with Crippen molar-refractivity contribution < 1.29 is 19.9 Å². The summed E-state index contributed by atoms with van der Waals surface area (Å²) in [5, 5.41) is 17.9. The predicted octanol–water partition coefficient (Wildman–Crippen LogP) is 0.110. The number of phenolic OH excluding ortho intramolecular Hbond substituents is 1. The third-order valence-electron chi connectivity index (χ3n) is 1.68. The Balaban J connectivity index is 0.00000196. The molecule has 4 nitrogen and oxygen atoms in total. The minimum Gasteiger partial charge on any atom is -0.625 e. The summed E-state index contributed by atoms with van der Waals surface area (Å²) in [6, 6.07) is 5.77. The minimum atomic E-state index is -2.09. The lowest BCUT2D eigenvalue weighted by atomic mass is 10.3. The van der Waals surface area contributed by atoms with Gasteiger partial charge in [0.2, 0.25) is 5.29 Å². The smallest absolute Gasteiger partial charge is 0.374 e. The van der Waals surface area contributed by atoms with Crippen molar-refractivity contribution in [1.29, 1.82) is 0 Å². The molecule has 0 amide bonds. The van der Waals surface area contributed by atoms with Gasteiger partial charge in [-0.1, -0.05) is 6.07 Å². The SMILES string of the molecule is C/C(C(=O)O)=[P+](/[O-])c1cccc(O)c1.P. The van der Waals surface area contributed by atoms with Crippen molar-refractivity contribution in [3.63, 3.8) is 0 Å². The van der Waals surface area contributed by atoms with E-state index in [1.54, 1.807) is 0 Å². The summed E-state index contributed by atoms with van der Waals surface area (Å²) in [7, 11) is -2.09. The Labute approximate surface area is 91.7 Å². The maximum atomic E-state index is 11.6. The van der Waals surface area contributed by atoms with Crippen LogP contribution in [-0.4, -0.2) is 21.5 Å². The maximum Gasteiger partial charge on any atom is 0.374 e. The van der Waals surface area contributed by atoms with E-state index in [1.165, 1.54) is 31.2 Å². The Morgan fingerprint density at radius 3 is 2.53 bits per heavy atom. The molecule has 0 heterocycles. The largest absolute Gasteiger partial charge is 0.625 e. The van der Waals surface area contributed by atoms with Gasteiger partial charge in [-0.05, 0) is 12.1 Å². The monoisotopic (exact) mass is 246 g/mol. The average molecular weight is 246 g/mol. The van der Waals surface area contributed by atoms with Gasteiger partial charge in [-0.2, -0.15) is 9.90 Å². The van der Waals surface area contributed by atoms with Crippen molar-refractivity contribution in [3.8, 4) is 5.75 Å². The molecule has 1 rings (SSSR count). The van der Waals surface area contributed by atoms with Gasteiger partial charge in [0.25, 0.3) is 0 Å². The van der Waals surface area contributed by atoms with Crippen LogP contribution >= 0.6 is 17.7 Å². The lowest BCUT2D eigenvalue weighted by molar-refractivity contribution is -0.150. The first-order valence-corrected chi connectivity index (χ1v) is 5.11. The number of aliphatic carboxylic acids is 1. The van der Waals surface area contributed by atoms with Crippen molar-refractivity contribution in [2.75, 3.05) is 0 Å². The summed E-state index contributed by atoms with van der Waals surface area (Å²) in [6.45, 7) is 1.30. The van der Waals surface area contributed by atoms with E-state index >= 15 is 0 Å². The van der Waals surface area contributed by atoms with E-state index in [9.17, 15) is 9.69 Å². The molecule has 0 aliphatic rings. The summed E-state index contributed by atoms with van der Waals surface area (Å²) in [4.78, 5) is 22.1. The third-order valence-corrected chi connectivity index (χ3v) is 3.23. The first kappa shape index (κ1) is 14.1. The molecule has 1 aromatic carbocycles. The van der Waals surface area contributed by atoms with Crippen molar-refractivity contribution in [2.24, 2.45) is 0 Å². The highest BCUT2D eigenvalue weighted by Crippen LogP contribution is 2.16. The number of hydrogen-bond acceptors (Lipinski definition) is 3. The zero-order chi connectivity index (χ0) is 10.7. The standard InChI is InChI=1S/C9H9O4P.H3P/c1-6(9(11)12)14(13)8-4-2-3-7(10)5-8;/h2-5,10H,1H3,(H,11,12);1H3. The van der Waals surface area contributed by atoms with Crippen LogP contribution in [0.2, 0.25) is 0 Å². The summed E-state index contributed by atoms with van der Waals surface area (Å²) in [5.74, 6) is -1.21. The van der Waals surface area contributed by atoms with Crippen molar-refractivity contribution >= 4 is 34.2 Å². The number of carbonyl (C=O) groups is 1. The molecule has 0 bridgehead atoms. The minimum absolute atomic E-state index is 0. The highest BCUT2D eigenvalue weighted by molar-refractivity contribution is 7.61. The van der Waals surface area contributed by atoms with Gasteiger partial charge in [0.15, 0.2) is 0 Å². The number of hydrogen-bond donors (Lipinski definition) is 2. The van der Waals surface area contributed by atoms with Crippen molar-refractivity contribution in [2.45, 2.75) is 6.92 Å². The van der Waals surface area contributed by atoms with Gasteiger partial charge in [-0.3, -0.25) is 0 Å². The molecule has 0 radical (unpaired) electrons. The molecule has 15 heavy (non-hydrogen) atoms. The van der Waals surface area contributed by atoms with Crippen LogP contribution in [-0.2, 0) is 4.79 Å². The fourth-order valence-electron chi connectivity index (χ4n) is 0.900. The topological polar surface area (TPSA) is 80.6 Å². The van der Waals surface area contributed by atoms with Crippen LogP contribution in [0, 0.1) is 0 Å². The highest BCUT2D eigenvalue weighted by Gasteiger charge is 2.15. The molecule has 0 aliphatic heterocycles. The summed E-state index contributed by atoms with van der Waals surface area (Å²) >= 11 is 0. The van der Waals surface area contributed by atoms with E-state index in [1.807, 2.05) is 0 Å². The lowest BCUT2D eigenvalue weighted by Crippen LogP contribution is -2.16. The van der Waals surface area contributed by atoms with Crippen molar-refractivity contribution in [3.05, 3.63) is 24.3 Å². The maximum absolute atomic E-state index is 11.6. The highest BCUT2D eigenvalue weighted by atomic mass is 31.1. The van der Waals surface area contributed by atoms with Crippen molar-refractivity contribution in [1.82, 2.24) is 0 Å². The molecular formula is C9H12O4P2. The molecule has 0 fully saturated rings. The molecule has 2 atom stereocenters. The lowest BCUT2D eigenvalue weighted by Gasteiger charge is -2.00. The second kappa shape index (κ2) is 5.82. The number of aromatic hydroxyl groups is 1. The van der Waals surface area contributed by atoms with Gasteiger partial charge in [-0.25, -0.2) is 4.79 Å². The molecule has 6 heteroatoms. The number of phenols is 1. The molecule has 82 valence electrons. The van der Waals surface area contributed by atoms with Gasteiger partial charge in [0, 0.05) is 13.0 Å². The number of benzene rings is 1. The Hall–Kier alpha value is -0.950. The van der Waals surface area contributed by atoms with Gasteiger partial charge >= 0.3 is 5.97 Å². The second-order valence-corrected chi connectivity index (χ2v) is 4.48. The fraction of sp³-hybridized carbons (Fsp3) is 0.111. The Morgan fingerprint density at radius 1 is 1.47 bits per heavy atom. The van der Waals surface area contributed by atoms with E-state index in [-0.39, 0.29) is 20.9 Å². The molecular weight excluding hydrogens is 234 g/mol. The molecule has 0 saturated carbocycles. The first-order chi connectivity index (χ1) is 6.52. The predicted molar refractivity (Wildman–Crippen MR) is 64.1 cm³/mol. The van der Waals surface area contributed by atoms with Crippen LogP contribution in [0.3, 0.4) is 0 Å². The molecule has 0 saturated heterocycles. The Morgan fingerprint density at radius 2 is 2.07 bits per heavy atom. The average Bonchev–Trinajstić information content (AvgIpc) is 2.15. The van der Waals surface area contributed by atoms with Crippen LogP contribution in [0.25, 0.3) is 0 Å². The zero-order valence-corrected chi connectivity index (χ0v) is 10.5. The van der Waals surface area contributed by atoms with E-state index in [0.717, 1.165) is 0 Å². The van der Waals surface area contributed by atoms with Crippen LogP contribution in [0.15, 0.2) is 24.3 Å². The number of carboxylic acids is 1. The Bertz CT molecular complexity index is 401. The van der Waals surface area contributed by atoms with E-state index in [0.29, 0.717) is 5.30 Å². The summed E-state index contributed by atoms with van der Waals surface area (Å²) in [6.07, 6.45) is 0. The molecule has 2 N–H and O–H groups in total. The summed E-state index contributed by atoms with van der Waals surface area (Å²) < 4.78 is 0. The van der Waals surface area contributed by atoms with Crippen LogP contribution in [0.5, 0.6) is 5.75 Å². The molecule has 0 aliphatic carbocycles. The van der Waals surface area contributed by atoms with Gasteiger partial charge in [0.05, 0.1) is 0 Å². The first-order valence-electron chi connectivity index (χ1n) is 3.85. The molecule has 2 unspecified atom stereocenters. The third kappa shape index (κ3) is 3.60. The van der Waals surface area contributed by atoms with Crippen LogP contribution in [0.4, 0.5) is 0 Å². The molecule has 1 aromatic rings. The normalized spacial score (nSPS) is 11.3. The van der Waals surface area contributed by atoms with Gasteiger partial charge < -0.3 is 15.1 Å². The second-order valence-electron chi connectivity index (χ2n) is 2.70.